The first-order valence-electron chi connectivity index (χ1n) is 20.5. The minimum Gasteiger partial charge on any atom is -0.456 e. The summed E-state index contributed by atoms with van der Waals surface area (Å²) in [6, 6.07) is 71.8. The molecule has 0 aliphatic carbocycles. The molecule has 0 bridgehead atoms. The molecule has 9 aromatic carbocycles. The maximum atomic E-state index is 6.69. The first-order chi connectivity index (χ1) is 29.7. The summed E-state index contributed by atoms with van der Waals surface area (Å²) in [4.78, 5) is 2.43. The Hall–Kier alpha value is -7.76. The van der Waals surface area contributed by atoms with Crippen molar-refractivity contribution >= 4 is 90.2 Å². The molecular weight excluding hydrogens is 729 g/mol. The van der Waals surface area contributed by atoms with Crippen molar-refractivity contribution in [2.75, 3.05) is 10.2 Å². The molecule has 1 N–H and O–H groups in total. The number of nitrogens with zero attached hydrogens (tertiary/aromatic N) is 2. The average Bonchev–Trinajstić information content (AvgIpc) is 3.89. The number of para-hydroxylation sites is 3. The highest BCUT2D eigenvalue weighted by Crippen LogP contribution is 2.48. The van der Waals surface area contributed by atoms with Crippen LogP contribution in [0.15, 0.2) is 205 Å². The molecule has 2 aromatic heterocycles. The molecule has 0 spiro atoms. The van der Waals surface area contributed by atoms with E-state index in [0.717, 1.165) is 78.5 Å². The highest BCUT2D eigenvalue weighted by Gasteiger charge is 2.32. The Morgan fingerprint density at radius 3 is 2.00 bits per heavy atom. The van der Waals surface area contributed by atoms with Crippen LogP contribution in [0.4, 0.5) is 28.4 Å². The predicted octanol–water partition coefficient (Wildman–Crippen LogP) is 13.5. The lowest BCUT2D eigenvalue weighted by Crippen LogP contribution is -2.37. The predicted molar refractivity (Wildman–Crippen MR) is 253 cm³/mol. The zero-order valence-electron chi connectivity index (χ0n) is 32.9. The maximum Gasteiger partial charge on any atom is 0.197 e. The van der Waals surface area contributed by atoms with Crippen LogP contribution in [-0.4, -0.2) is 11.8 Å². The molecule has 0 fully saturated rings. The molecule has 1 aliphatic heterocycles. The molecule has 3 heterocycles. The van der Waals surface area contributed by atoms with E-state index in [1.54, 1.807) is 0 Å². The molecule has 0 saturated carbocycles. The fraction of sp³-hybridized carbons (Fsp3) is 0.0182. The molecular formula is C55H37BN3O. The number of rotatable bonds is 7. The normalized spacial score (nSPS) is 11.9. The summed E-state index contributed by atoms with van der Waals surface area (Å²) >= 11 is 0. The number of benzene rings is 9. The third kappa shape index (κ3) is 5.47. The Labute approximate surface area is 348 Å². The van der Waals surface area contributed by atoms with Crippen molar-refractivity contribution in [1.29, 1.82) is 0 Å². The standard InChI is InChI=1S/C55H37BN3O/c1-35-25-28-39(29-26-35)57-47-24-14-13-23-43(47)45-33-49(58(40-18-7-3-8-19-40)41-20-9-4-10-21-41)52-44-30-27-36-15-11-12-22-42(36)54(44)59-48-34-51-38(31-46(48)56-53(45)55(52)59)32-50(60-51)37-16-5-2-6-17-37/h2-34,57H,1H3. The van der Waals surface area contributed by atoms with Crippen molar-refractivity contribution in [1.82, 2.24) is 4.57 Å². The summed E-state index contributed by atoms with van der Waals surface area (Å²) in [6.45, 7) is 2.13. The first-order valence-corrected chi connectivity index (χ1v) is 20.5. The van der Waals surface area contributed by atoms with Gasteiger partial charge < -0.3 is 19.2 Å². The van der Waals surface area contributed by atoms with Gasteiger partial charge >= 0.3 is 0 Å². The third-order valence-corrected chi connectivity index (χ3v) is 12.0. The zero-order chi connectivity index (χ0) is 39.7. The molecule has 5 heteroatoms. The van der Waals surface area contributed by atoms with E-state index in [0.29, 0.717) is 0 Å². The zero-order valence-corrected chi connectivity index (χ0v) is 32.9. The Morgan fingerprint density at radius 1 is 0.550 bits per heavy atom. The van der Waals surface area contributed by atoms with E-state index in [1.807, 2.05) is 6.07 Å². The van der Waals surface area contributed by atoms with Gasteiger partial charge in [-0.25, -0.2) is 0 Å². The third-order valence-electron chi connectivity index (χ3n) is 12.0. The highest BCUT2D eigenvalue weighted by molar-refractivity contribution is 6.74. The summed E-state index contributed by atoms with van der Waals surface area (Å²) in [5, 5.41) is 9.67. The lowest BCUT2D eigenvalue weighted by atomic mass is 9.58. The Balaban J connectivity index is 1.23. The SMILES string of the molecule is Cc1ccc(Nc2ccccc2-c2cc(N(c3ccccc3)c3ccccc3)c3c4ccc5ccccc5c4n4c3c2[B]c2cc3cc(-c5ccccc5)oc3cc2-4)cc1. The van der Waals surface area contributed by atoms with Gasteiger partial charge in [0.15, 0.2) is 7.28 Å². The van der Waals surface area contributed by atoms with Crippen LogP contribution in [0.3, 0.4) is 0 Å². The van der Waals surface area contributed by atoms with Crippen molar-refractivity contribution in [2.24, 2.45) is 0 Å². The van der Waals surface area contributed by atoms with Crippen LogP contribution in [0, 0.1) is 6.92 Å². The minimum absolute atomic E-state index is 0.860. The van der Waals surface area contributed by atoms with Gasteiger partial charge in [0.05, 0.1) is 16.7 Å². The number of anilines is 5. The number of nitrogens with one attached hydrogen (secondary N) is 1. The first kappa shape index (κ1) is 34.3. The van der Waals surface area contributed by atoms with Gasteiger partial charge in [-0.05, 0) is 77.9 Å². The number of furan rings is 1. The number of aryl methyl sites for hydroxylation is 1. The van der Waals surface area contributed by atoms with Gasteiger partial charge in [0.1, 0.15) is 11.3 Å². The summed E-state index contributed by atoms with van der Waals surface area (Å²) in [5.74, 6) is 0.860. The number of hydrogen-bond donors (Lipinski definition) is 1. The van der Waals surface area contributed by atoms with Crippen LogP contribution in [0.25, 0.3) is 71.7 Å². The molecule has 11 aromatic rings. The number of fused-ring (bicyclic) bond motifs is 8. The van der Waals surface area contributed by atoms with Crippen LogP contribution in [0.5, 0.6) is 0 Å². The van der Waals surface area contributed by atoms with E-state index >= 15 is 0 Å². The van der Waals surface area contributed by atoms with Crippen LogP contribution in [0.2, 0.25) is 0 Å². The lowest BCUT2D eigenvalue weighted by Gasteiger charge is -2.30. The second kappa shape index (κ2) is 13.7. The molecule has 12 rings (SSSR count). The van der Waals surface area contributed by atoms with Crippen LogP contribution in [0.1, 0.15) is 5.56 Å². The monoisotopic (exact) mass is 766 g/mol. The second-order valence-corrected chi connectivity index (χ2v) is 15.7. The smallest absolute Gasteiger partial charge is 0.197 e. The lowest BCUT2D eigenvalue weighted by molar-refractivity contribution is 0.631. The van der Waals surface area contributed by atoms with Gasteiger partial charge in [0.25, 0.3) is 0 Å². The molecule has 60 heavy (non-hydrogen) atoms. The van der Waals surface area contributed by atoms with E-state index < -0.39 is 0 Å². The van der Waals surface area contributed by atoms with Gasteiger partial charge in [-0.2, -0.15) is 0 Å². The molecule has 0 saturated heterocycles. The van der Waals surface area contributed by atoms with E-state index in [-0.39, 0.29) is 0 Å². The highest BCUT2D eigenvalue weighted by atomic mass is 16.3. The minimum atomic E-state index is 0.860. The average molecular weight is 767 g/mol. The van der Waals surface area contributed by atoms with Crippen molar-refractivity contribution in [2.45, 2.75) is 6.92 Å². The second-order valence-electron chi connectivity index (χ2n) is 15.7. The van der Waals surface area contributed by atoms with Crippen LogP contribution in [-0.2, 0) is 0 Å². The Bertz CT molecular complexity index is 3390. The summed E-state index contributed by atoms with van der Waals surface area (Å²) in [6.07, 6.45) is 0. The number of hydrogen-bond acceptors (Lipinski definition) is 3. The summed E-state index contributed by atoms with van der Waals surface area (Å²) in [7, 11) is 2.41. The topological polar surface area (TPSA) is 33.3 Å². The van der Waals surface area contributed by atoms with E-state index in [9.17, 15) is 0 Å². The van der Waals surface area contributed by atoms with E-state index in [2.05, 4.69) is 223 Å². The van der Waals surface area contributed by atoms with Crippen LogP contribution >= 0.6 is 0 Å². The van der Waals surface area contributed by atoms with E-state index in [4.69, 9.17) is 4.42 Å². The van der Waals surface area contributed by atoms with Crippen LogP contribution < -0.4 is 21.1 Å². The molecule has 1 aliphatic rings. The summed E-state index contributed by atoms with van der Waals surface area (Å²) < 4.78 is 9.21. The molecule has 281 valence electrons. The van der Waals surface area contributed by atoms with Crippen molar-refractivity contribution in [3.63, 3.8) is 0 Å². The fourth-order valence-electron chi connectivity index (χ4n) is 9.27. The molecule has 0 atom stereocenters. The Morgan fingerprint density at radius 2 is 1.23 bits per heavy atom. The molecule has 0 unspecified atom stereocenters. The maximum absolute atomic E-state index is 6.69. The largest absolute Gasteiger partial charge is 0.456 e. The van der Waals surface area contributed by atoms with Crippen molar-refractivity contribution in [3.05, 3.63) is 206 Å². The van der Waals surface area contributed by atoms with Crippen molar-refractivity contribution < 1.29 is 4.42 Å². The molecule has 1 radical (unpaired) electrons. The van der Waals surface area contributed by atoms with E-state index in [1.165, 1.54) is 38.1 Å². The summed E-state index contributed by atoms with van der Waals surface area (Å²) in [5.41, 5.74) is 16.5. The van der Waals surface area contributed by atoms with Gasteiger partial charge in [0, 0.05) is 67.2 Å². The van der Waals surface area contributed by atoms with Crippen molar-refractivity contribution in [3.8, 4) is 28.1 Å². The Kier molecular flexibility index (Phi) is 7.82. The van der Waals surface area contributed by atoms with Gasteiger partial charge in [-0.15, -0.1) is 0 Å². The molecule has 4 nitrogen and oxygen atoms in total. The quantitative estimate of drug-likeness (QED) is 0.164. The van der Waals surface area contributed by atoms with Gasteiger partial charge in [0.2, 0.25) is 0 Å². The van der Waals surface area contributed by atoms with Gasteiger partial charge in [-0.1, -0.05) is 151 Å². The van der Waals surface area contributed by atoms with Gasteiger partial charge in [-0.3, -0.25) is 0 Å². The molecule has 0 amide bonds. The number of aromatic nitrogens is 1. The fourth-order valence-corrected chi connectivity index (χ4v) is 9.27.